The van der Waals surface area contributed by atoms with E-state index in [1.165, 1.54) is 18.2 Å². The van der Waals surface area contributed by atoms with Gasteiger partial charge in [0.25, 0.3) is 10.0 Å². The van der Waals surface area contributed by atoms with Crippen molar-refractivity contribution < 1.29 is 17.9 Å². The fourth-order valence-electron chi connectivity index (χ4n) is 2.33. The molecule has 0 radical (unpaired) electrons. The molecule has 0 aliphatic carbocycles. The van der Waals surface area contributed by atoms with E-state index in [2.05, 4.69) is 11.9 Å². The topological polar surface area (TPSA) is 75.7 Å². The van der Waals surface area contributed by atoms with E-state index in [-0.39, 0.29) is 18.0 Å². The van der Waals surface area contributed by atoms with Gasteiger partial charge in [-0.05, 0) is 31.2 Å². The molecule has 6 nitrogen and oxygen atoms in total. The van der Waals surface area contributed by atoms with Gasteiger partial charge < -0.3 is 10.1 Å². The number of carbonyl (C=O) groups excluding carboxylic acids is 1. The molecular formula is C19H22N2O4S. The summed E-state index contributed by atoms with van der Waals surface area (Å²) in [5.41, 5.74) is 0.312. The second-order valence-electron chi connectivity index (χ2n) is 5.32. The summed E-state index contributed by atoms with van der Waals surface area (Å²) in [5.74, 6) is -0.0401. The van der Waals surface area contributed by atoms with Crippen molar-refractivity contribution in [3.63, 3.8) is 0 Å². The number of carbonyl (C=O) groups is 1. The number of sulfonamides is 1. The number of nitrogens with one attached hydrogen (secondary N) is 1. The third-order valence-electron chi connectivity index (χ3n) is 3.50. The molecule has 2 aromatic rings. The highest BCUT2D eigenvalue weighted by Gasteiger charge is 2.29. The predicted octanol–water partition coefficient (Wildman–Crippen LogP) is 2.58. The van der Waals surface area contributed by atoms with Gasteiger partial charge in [-0.3, -0.25) is 9.10 Å². The first-order chi connectivity index (χ1) is 12.5. The Balaban J connectivity index is 2.49. The SMILES string of the molecule is C=CCNC(=O)CN(c1ccccc1OCC)S(=O)(=O)c1ccccc1. The van der Waals surface area contributed by atoms with Crippen LogP contribution in [-0.4, -0.2) is 34.0 Å². The van der Waals surface area contributed by atoms with Gasteiger partial charge in [0.1, 0.15) is 12.3 Å². The highest BCUT2D eigenvalue weighted by atomic mass is 32.2. The summed E-state index contributed by atoms with van der Waals surface area (Å²) >= 11 is 0. The number of nitrogens with zero attached hydrogens (tertiary/aromatic N) is 1. The van der Waals surface area contributed by atoms with Gasteiger partial charge in [0.15, 0.2) is 0 Å². The first-order valence-electron chi connectivity index (χ1n) is 8.18. The largest absolute Gasteiger partial charge is 0.492 e. The van der Waals surface area contributed by atoms with E-state index < -0.39 is 15.9 Å². The third-order valence-corrected chi connectivity index (χ3v) is 5.27. The number of anilines is 1. The molecule has 0 aromatic heterocycles. The molecule has 0 fully saturated rings. The Morgan fingerprint density at radius 3 is 2.46 bits per heavy atom. The van der Waals surface area contributed by atoms with Crippen LogP contribution in [-0.2, 0) is 14.8 Å². The monoisotopic (exact) mass is 374 g/mol. The van der Waals surface area contributed by atoms with Crippen LogP contribution < -0.4 is 14.4 Å². The Labute approximate surface area is 154 Å². The van der Waals surface area contributed by atoms with Gasteiger partial charge >= 0.3 is 0 Å². The lowest BCUT2D eigenvalue weighted by molar-refractivity contribution is -0.119. The molecule has 0 saturated carbocycles. The van der Waals surface area contributed by atoms with E-state index in [0.29, 0.717) is 18.0 Å². The molecule has 2 aromatic carbocycles. The number of amides is 1. The van der Waals surface area contributed by atoms with Crippen LogP contribution in [0.1, 0.15) is 6.92 Å². The van der Waals surface area contributed by atoms with Crippen LogP contribution in [0, 0.1) is 0 Å². The Morgan fingerprint density at radius 2 is 1.81 bits per heavy atom. The predicted molar refractivity (Wildman–Crippen MR) is 102 cm³/mol. The molecule has 0 saturated heterocycles. The van der Waals surface area contributed by atoms with Crippen molar-refractivity contribution in [2.45, 2.75) is 11.8 Å². The molecule has 138 valence electrons. The lowest BCUT2D eigenvalue weighted by Crippen LogP contribution is -2.41. The van der Waals surface area contributed by atoms with E-state index in [9.17, 15) is 13.2 Å². The molecule has 0 spiro atoms. The van der Waals surface area contributed by atoms with Crippen molar-refractivity contribution >= 4 is 21.6 Å². The molecule has 1 amide bonds. The average Bonchev–Trinajstić information content (AvgIpc) is 2.66. The zero-order chi connectivity index (χ0) is 19.0. The smallest absolute Gasteiger partial charge is 0.264 e. The highest BCUT2D eigenvalue weighted by molar-refractivity contribution is 7.92. The van der Waals surface area contributed by atoms with Crippen molar-refractivity contribution in [2.75, 3.05) is 24.0 Å². The second-order valence-corrected chi connectivity index (χ2v) is 7.18. The number of benzene rings is 2. The molecule has 0 atom stereocenters. The molecule has 0 unspecified atom stereocenters. The van der Waals surface area contributed by atoms with E-state index in [4.69, 9.17) is 4.74 Å². The molecule has 1 N–H and O–H groups in total. The first-order valence-corrected chi connectivity index (χ1v) is 9.62. The summed E-state index contributed by atoms with van der Waals surface area (Å²) < 4.78 is 33.0. The summed E-state index contributed by atoms with van der Waals surface area (Å²) in [6.07, 6.45) is 1.53. The van der Waals surface area contributed by atoms with E-state index in [0.717, 1.165) is 4.31 Å². The van der Waals surface area contributed by atoms with E-state index in [1.807, 2.05) is 6.92 Å². The molecule has 26 heavy (non-hydrogen) atoms. The maximum Gasteiger partial charge on any atom is 0.264 e. The average molecular weight is 374 g/mol. The standard InChI is InChI=1S/C19H22N2O4S/c1-3-14-20-19(22)15-21(17-12-8-9-13-18(17)25-4-2)26(23,24)16-10-6-5-7-11-16/h3,5-13H,1,4,14-15H2,2H3,(H,20,22). The minimum absolute atomic E-state index is 0.0998. The Kier molecular flexibility index (Phi) is 6.80. The van der Waals surface area contributed by atoms with Crippen molar-refractivity contribution in [3.8, 4) is 5.75 Å². The van der Waals surface area contributed by atoms with Crippen LogP contribution >= 0.6 is 0 Å². The molecular weight excluding hydrogens is 352 g/mol. The molecule has 0 heterocycles. The van der Waals surface area contributed by atoms with Gasteiger partial charge in [-0.15, -0.1) is 6.58 Å². The fraction of sp³-hybridized carbons (Fsp3) is 0.211. The molecule has 0 aliphatic rings. The summed E-state index contributed by atoms with van der Waals surface area (Å²) in [6, 6.07) is 14.7. The number of ether oxygens (including phenoxy) is 1. The van der Waals surface area contributed by atoms with Crippen LogP contribution in [0.4, 0.5) is 5.69 Å². The zero-order valence-corrected chi connectivity index (χ0v) is 15.4. The Hall–Kier alpha value is -2.80. The van der Waals surface area contributed by atoms with Crippen molar-refractivity contribution in [2.24, 2.45) is 0 Å². The number of hydrogen-bond acceptors (Lipinski definition) is 4. The Morgan fingerprint density at radius 1 is 1.15 bits per heavy atom. The molecule has 2 rings (SSSR count). The van der Waals surface area contributed by atoms with Gasteiger partial charge in [0, 0.05) is 6.54 Å². The molecule has 0 bridgehead atoms. The van der Waals surface area contributed by atoms with Gasteiger partial charge in [-0.25, -0.2) is 8.42 Å². The number of para-hydroxylation sites is 2. The molecule has 7 heteroatoms. The van der Waals surface area contributed by atoms with Crippen LogP contribution in [0.5, 0.6) is 5.75 Å². The number of rotatable bonds is 9. The summed E-state index contributed by atoms with van der Waals surface area (Å²) in [7, 11) is -3.95. The van der Waals surface area contributed by atoms with Crippen molar-refractivity contribution in [3.05, 3.63) is 67.3 Å². The van der Waals surface area contributed by atoms with Crippen molar-refractivity contribution in [1.29, 1.82) is 0 Å². The van der Waals surface area contributed by atoms with Gasteiger partial charge in [0.05, 0.1) is 17.2 Å². The van der Waals surface area contributed by atoms with Crippen molar-refractivity contribution in [1.82, 2.24) is 5.32 Å². The Bertz CT molecular complexity index is 851. The minimum atomic E-state index is -3.95. The first kappa shape index (κ1) is 19.5. The quantitative estimate of drug-likeness (QED) is 0.685. The van der Waals surface area contributed by atoms with E-state index in [1.54, 1.807) is 42.5 Å². The van der Waals surface area contributed by atoms with Crippen LogP contribution in [0.15, 0.2) is 72.1 Å². The minimum Gasteiger partial charge on any atom is -0.492 e. The normalized spacial score (nSPS) is 10.8. The van der Waals surface area contributed by atoms with Crippen LogP contribution in [0.3, 0.4) is 0 Å². The third kappa shape index (κ3) is 4.64. The lowest BCUT2D eigenvalue weighted by Gasteiger charge is -2.25. The molecule has 0 aliphatic heterocycles. The summed E-state index contributed by atoms with van der Waals surface area (Å²) in [5, 5.41) is 2.60. The lowest BCUT2D eigenvalue weighted by atomic mass is 10.3. The second kappa shape index (κ2) is 9.05. The maximum atomic E-state index is 13.2. The summed E-state index contributed by atoms with van der Waals surface area (Å²) in [6.45, 7) is 5.61. The summed E-state index contributed by atoms with van der Waals surface area (Å²) in [4.78, 5) is 12.3. The highest BCUT2D eigenvalue weighted by Crippen LogP contribution is 2.32. The maximum absolute atomic E-state index is 13.2. The fourth-order valence-corrected chi connectivity index (χ4v) is 3.78. The van der Waals surface area contributed by atoms with Gasteiger partial charge in [-0.2, -0.15) is 0 Å². The van der Waals surface area contributed by atoms with Crippen LogP contribution in [0.25, 0.3) is 0 Å². The van der Waals surface area contributed by atoms with Crippen LogP contribution in [0.2, 0.25) is 0 Å². The van der Waals surface area contributed by atoms with Gasteiger partial charge in [-0.1, -0.05) is 36.4 Å². The number of hydrogen-bond donors (Lipinski definition) is 1. The van der Waals surface area contributed by atoms with Gasteiger partial charge in [0.2, 0.25) is 5.91 Å². The van der Waals surface area contributed by atoms with E-state index >= 15 is 0 Å². The zero-order valence-electron chi connectivity index (χ0n) is 14.6.